The largest absolute Gasteiger partial charge is 0.506 e. The third-order valence-electron chi connectivity index (χ3n) is 3.27. The minimum atomic E-state index is 0.228. The molecule has 1 aliphatic rings. The van der Waals surface area contributed by atoms with Crippen LogP contribution in [0.5, 0.6) is 5.75 Å². The predicted octanol–water partition coefficient (Wildman–Crippen LogP) is 2.07. The zero-order valence-electron chi connectivity index (χ0n) is 9.11. The molecule has 2 rings (SSSR count). The predicted molar refractivity (Wildman–Crippen MR) is 59.5 cm³/mol. The molecule has 15 heavy (non-hydrogen) atoms. The monoisotopic (exact) mass is 206 g/mol. The SMILES string of the molecule is CC(NCc1ccc(O)cn1)C1CCC1. The maximum Gasteiger partial charge on any atom is 0.133 e. The van der Waals surface area contributed by atoms with Crippen molar-refractivity contribution in [3.8, 4) is 5.75 Å². The van der Waals surface area contributed by atoms with E-state index in [2.05, 4.69) is 17.2 Å². The van der Waals surface area contributed by atoms with Crippen molar-refractivity contribution in [1.82, 2.24) is 10.3 Å². The van der Waals surface area contributed by atoms with E-state index >= 15 is 0 Å². The van der Waals surface area contributed by atoms with Gasteiger partial charge in [0.15, 0.2) is 0 Å². The summed E-state index contributed by atoms with van der Waals surface area (Å²) in [7, 11) is 0. The second-order valence-electron chi connectivity index (χ2n) is 4.37. The molecule has 2 N–H and O–H groups in total. The summed E-state index contributed by atoms with van der Waals surface area (Å²) in [5, 5.41) is 12.6. The Morgan fingerprint density at radius 3 is 2.87 bits per heavy atom. The molecule has 1 heterocycles. The average Bonchev–Trinajstić information content (AvgIpc) is 2.14. The van der Waals surface area contributed by atoms with Gasteiger partial charge in [0, 0.05) is 12.6 Å². The molecular weight excluding hydrogens is 188 g/mol. The quantitative estimate of drug-likeness (QED) is 0.792. The van der Waals surface area contributed by atoms with Crippen LogP contribution in [0.15, 0.2) is 18.3 Å². The van der Waals surface area contributed by atoms with E-state index in [1.54, 1.807) is 6.07 Å². The molecule has 1 atom stereocenters. The van der Waals surface area contributed by atoms with Gasteiger partial charge in [0.05, 0.1) is 11.9 Å². The minimum absolute atomic E-state index is 0.228. The summed E-state index contributed by atoms with van der Waals surface area (Å²) in [6, 6.07) is 4.11. The highest BCUT2D eigenvalue weighted by Gasteiger charge is 2.23. The first kappa shape index (κ1) is 10.4. The van der Waals surface area contributed by atoms with Crippen molar-refractivity contribution in [3.63, 3.8) is 0 Å². The van der Waals surface area contributed by atoms with Crippen LogP contribution in [-0.2, 0) is 6.54 Å². The topological polar surface area (TPSA) is 45.1 Å². The Balaban J connectivity index is 1.79. The molecule has 0 aromatic carbocycles. The molecule has 1 saturated carbocycles. The second-order valence-corrected chi connectivity index (χ2v) is 4.37. The van der Waals surface area contributed by atoms with Crippen LogP contribution in [0.4, 0.5) is 0 Å². The smallest absolute Gasteiger partial charge is 0.133 e. The van der Waals surface area contributed by atoms with Crippen LogP contribution in [0, 0.1) is 5.92 Å². The van der Waals surface area contributed by atoms with Gasteiger partial charge in [-0.05, 0) is 37.8 Å². The Morgan fingerprint density at radius 1 is 1.53 bits per heavy atom. The number of nitrogens with one attached hydrogen (secondary N) is 1. The van der Waals surface area contributed by atoms with Gasteiger partial charge in [0.2, 0.25) is 0 Å². The van der Waals surface area contributed by atoms with Gasteiger partial charge < -0.3 is 10.4 Å². The van der Waals surface area contributed by atoms with Gasteiger partial charge in [-0.15, -0.1) is 0 Å². The van der Waals surface area contributed by atoms with Crippen LogP contribution >= 0.6 is 0 Å². The number of aromatic hydroxyl groups is 1. The molecule has 1 unspecified atom stereocenters. The molecule has 1 fully saturated rings. The van der Waals surface area contributed by atoms with Crippen LogP contribution in [0.25, 0.3) is 0 Å². The van der Waals surface area contributed by atoms with Crippen molar-refractivity contribution in [1.29, 1.82) is 0 Å². The maximum absolute atomic E-state index is 9.09. The molecule has 0 aliphatic heterocycles. The molecule has 0 spiro atoms. The highest BCUT2D eigenvalue weighted by Crippen LogP contribution is 2.29. The Bertz CT molecular complexity index is 306. The first-order chi connectivity index (χ1) is 7.25. The van der Waals surface area contributed by atoms with Crippen molar-refractivity contribution in [3.05, 3.63) is 24.0 Å². The fourth-order valence-corrected chi connectivity index (χ4v) is 1.89. The zero-order chi connectivity index (χ0) is 10.7. The van der Waals surface area contributed by atoms with Gasteiger partial charge in [-0.3, -0.25) is 4.98 Å². The number of aromatic nitrogens is 1. The molecule has 0 amide bonds. The molecule has 0 radical (unpaired) electrons. The molecule has 3 heteroatoms. The summed E-state index contributed by atoms with van der Waals surface area (Å²) in [6.07, 6.45) is 5.59. The van der Waals surface area contributed by atoms with E-state index in [-0.39, 0.29) is 5.75 Å². The molecule has 82 valence electrons. The van der Waals surface area contributed by atoms with Crippen molar-refractivity contribution in [2.75, 3.05) is 0 Å². The van der Waals surface area contributed by atoms with E-state index in [4.69, 9.17) is 5.11 Å². The fourth-order valence-electron chi connectivity index (χ4n) is 1.89. The van der Waals surface area contributed by atoms with Crippen molar-refractivity contribution in [2.24, 2.45) is 5.92 Å². The summed E-state index contributed by atoms with van der Waals surface area (Å²) in [4.78, 5) is 4.14. The molecule has 1 aliphatic carbocycles. The summed E-state index contributed by atoms with van der Waals surface area (Å²) in [5.41, 5.74) is 0.985. The Morgan fingerprint density at radius 2 is 2.33 bits per heavy atom. The number of pyridine rings is 1. The van der Waals surface area contributed by atoms with Gasteiger partial charge in [-0.1, -0.05) is 6.42 Å². The third kappa shape index (κ3) is 2.69. The first-order valence-corrected chi connectivity index (χ1v) is 5.63. The van der Waals surface area contributed by atoms with Crippen molar-refractivity contribution in [2.45, 2.75) is 38.8 Å². The van der Waals surface area contributed by atoms with Crippen LogP contribution < -0.4 is 5.32 Å². The lowest BCUT2D eigenvalue weighted by atomic mass is 9.80. The van der Waals surface area contributed by atoms with E-state index in [1.807, 2.05) is 6.07 Å². The van der Waals surface area contributed by atoms with Gasteiger partial charge in [0.25, 0.3) is 0 Å². The van der Waals surface area contributed by atoms with Crippen LogP contribution in [-0.4, -0.2) is 16.1 Å². The number of hydrogen-bond donors (Lipinski definition) is 2. The highest BCUT2D eigenvalue weighted by atomic mass is 16.3. The molecule has 3 nitrogen and oxygen atoms in total. The first-order valence-electron chi connectivity index (χ1n) is 5.63. The standard InChI is InChI=1S/C12H18N2O/c1-9(10-3-2-4-10)13-7-11-5-6-12(15)8-14-11/h5-6,8-10,13,15H,2-4,7H2,1H3. The lowest BCUT2D eigenvalue weighted by molar-refractivity contribution is 0.239. The van der Waals surface area contributed by atoms with E-state index in [9.17, 15) is 0 Å². The minimum Gasteiger partial charge on any atom is -0.506 e. The van der Waals surface area contributed by atoms with E-state index < -0.39 is 0 Å². The Kier molecular flexibility index (Phi) is 3.21. The van der Waals surface area contributed by atoms with E-state index in [0.29, 0.717) is 6.04 Å². The van der Waals surface area contributed by atoms with E-state index in [1.165, 1.54) is 25.5 Å². The summed E-state index contributed by atoms with van der Waals surface area (Å²) < 4.78 is 0. The molecular formula is C12H18N2O. The highest BCUT2D eigenvalue weighted by molar-refractivity contribution is 5.17. The molecule has 0 bridgehead atoms. The van der Waals surface area contributed by atoms with Gasteiger partial charge in [-0.25, -0.2) is 0 Å². The van der Waals surface area contributed by atoms with Crippen molar-refractivity contribution >= 4 is 0 Å². The van der Waals surface area contributed by atoms with Gasteiger partial charge in [-0.2, -0.15) is 0 Å². The lowest BCUT2D eigenvalue weighted by Crippen LogP contribution is -2.36. The zero-order valence-corrected chi connectivity index (χ0v) is 9.11. The Hall–Kier alpha value is -1.09. The lowest BCUT2D eigenvalue weighted by Gasteiger charge is -2.32. The molecule has 1 aromatic rings. The summed E-state index contributed by atoms with van der Waals surface area (Å²) in [6.45, 7) is 3.03. The Labute approximate surface area is 90.5 Å². The van der Waals surface area contributed by atoms with Gasteiger partial charge in [0.1, 0.15) is 5.75 Å². The fraction of sp³-hybridized carbons (Fsp3) is 0.583. The van der Waals surface area contributed by atoms with E-state index in [0.717, 1.165) is 18.2 Å². The average molecular weight is 206 g/mol. The van der Waals surface area contributed by atoms with Gasteiger partial charge >= 0.3 is 0 Å². The summed E-state index contributed by atoms with van der Waals surface area (Å²) in [5.74, 6) is 1.08. The number of rotatable bonds is 4. The number of hydrogen-bond acceptors (Lipinski definition) is 3. The summed E-state index contributed by atoms with van der Waals surface area (Å²) >= 11 is 0. The van der Waals surface area contributed by atoms with Crippen molar-refractivity contribution < 1.29 is 5.11 Å². The van der Waals surface area contributed by atoms with Crippen LogP contribution in [0.1, 0.15) is 31.9 Å². The maximum atomic E-state index is 9.09. The normalized spacial score (nSPS) is 18.5. The third-order valence-corrected chi connectivity index (χ3v) is 3.27. The number of nitrogens with zero attached hydrogens (tertiary/aromatic N) is 1. The second kappa shape index (κ2) is 4.62. The van der Waals surface area contributed by atoms with Crippen LogP contribution in [0.2, 0.25) is 0 Å². The van der Waals surface area contributed by atoms with Crippen LogP contribution in [0.3, 0.4) is 0 Å². The molecule has 0 saturated heterocycles. The molecule has 1 aromatic heterocycles.